The van der Waals surface area contributed by atoms with E-state index in [1.807, 2.05) is 6.20 Å². The van der Waals surface area contributed by atoms with Gasteiger partial charge in [0.1, 0.15) is 0 Å². The fraction of sp³-hybridized carbons (Fsp3) is 0.692. The van der Waals surface area contributed by atoms with Crippen molar-refractivity contribution in [1.82, 2.24) is 15.3 Å². The molecule has 2 atom stereocenters. The lowest BCUT2D eigenvalue weighted by atomic mass is 9.97. The van der Waals surface area contributed by atoms with E-state index in [0.717, 1.165) is 18.7 Å². The van der Waals surface area contributed by atoms with E-state index >= 15 is 0 Å². The molecule has 0 fully saturated rings. The smallest absolute Gasteiger partial charge is 0.0804 e. The van der Waals surface area contributed by atoms with Crippen LogP contribution in [0.5, 0.6) is 0 Å². The molecule has 1 aromatic rings. The van der Waals surface area contributed by atoms with Crippen LogP contribution in [0.1, 0.15) is 38.9 Å². The molecule has 0 aliphatic carbocycles. The van der Waals surface area contributed by atoms with Gasteiger partial charge in [-0.2, -0.15) is 0 Å². The Hall–Kier alpha value is -1.00. The van der Waals surface area contributed by atoms with Crippen molar-refractivity contribution in [2.45, 2.75) is 39.3 Å². The number of ether oxygens (including phenoxy) is 1. The molecule has 1 rings (SSSR count). The van der Waals surface area contributed by atoms with Crippen LogP contribution in [0.15, 0.2) is 18.6 Å². The Kier molecular flexibility index (Phi) is 6.08. The van der Waals surface area contributed by atoms with Gasteiger partial charge in [0.25, 0.3) is 0 Å². The van der Waals surface area contributed by atoms with E-state index in [1.165, 1.54) is 0 Å². The van der Waals surface area contributed by atoms with Crippen LogP contribution in [0.25, 0.3) is 0 Å². The molecule has 0 saturated heterocycles. The second kappa shape index (κ2) is 7.35. The first-order chi connectivity index (χ1) is 8.20. The second-order valence-corrected chi connectivity index (χ2v) is 4.51. The van der Waals surface area contributed by atoms with Crippen LogP contribution in [0.2, 0.25) is 0 Å². The molecule has 0 bridgehead atoms. The number of methoxy groups -OCH3 is 1. The fourth-order valence-corrected chi connectivity index (χ4v) is 1.95. The highest BCUT2D eigenvalue weighted by Crippen LogP contribution is 2.22. The summed E-state index contributed by atoms with van der Waals surface area (Å²) in [6, 6.07) is 0.105. The second-order valence-electron chi connectivity index (χ2n) is 4.51. The van der Waals surface area contributed by atoms with Crippen molar-refractivity contribution in [2.75, 3.05) is 13.7 Å². The Bertz CT molecular complexity index is 303. The average Bonchev–Trinajstić information content (AvgIpc) is 2.35. The van der Waals surface area contributed by atoms with Crippen LogP contribution < -0.4 is 5.32 Å². The zero-order chi connectivity index (χ0) is 12.7. The van der Waals surface area contributed by atoms with Crippen molar-refractivity contribution in [3.05, 3.63) is 24.3 Å². The fourth-order valence-electron chi connectivity index (χ4n) is 1.95. The van der Waals surface area contributed by atoms with Gasteiger partial charge in [-0.15, -0.1) is 0 Å². The third kappa shape index (κ3) is 4.06. The Labute approximate surface area is 104 Å². The van der Waals surface area contributed by atoms with E-state index in [9.17, 15) is 0 Å². The first-order valence-corrected chi connectivity index (χ1v) is 6.22. The maximum Gasteiger partial charge on any atom is 0.0804 e. The van der Waals surface area contributed by atoms with Gasteiger partial charge in [-0.05, 0) is 18.9 Å². The zero-order valence-electron chi connectivity index (χ0n) is 11.2. The Morgan fingerprint density at radius 2 is 2.12 bits per heavy atom. The van der Waals surface area contributed by atoms with Gasteiger partial charge < -0.3 is 10.1 Å². The maximum atomic E-state index is 5.60. The molecule has 0 aliphatic heterocycles. The van der Waals surface area contributed by atoms with Crippen molar-refractivity contribution >= 4 is 0 Å². The average molecular weight is 237 g/mol. The molecule has 1 aromatic heterocycles. The summed E-state index contributed by atoms with van der Waals surface area (Å²) < 4.78 is 5.60. The van der Waals surface area contributed by atoms with E-state index in [4.69, 9.17) is 4.74 Å². The zero-order valence-corrected chi connectivity index (χ0v) is 11.2. The monoisotopic (exact) mass is 237 g/mol. The van der Waals surface area contributed by atoms with Gasteiger partial charge in [-0.1, -0.05) is 20.8 Å². The van der Waals surface area contributed by atoms with Gasteiger partial charge in [0.05, 0.1) is 24.0 Å². The van der Waals surface area contributed by atoms with E-state index < -0.39 is 0 Å². The summed E-state index contributed by atoms with van der Waals surface area (Å²) in [4.78, 5) is 8.51. The molecule has 0 amide bonds. The minimum absolute atomic E-state index is 0.105. The third-order valence-corrected chi connectivity index (χ3v) is 2.77. The normalized spacial score (nSPS) is 14.9. The van der Waals surface area contributed by atoms with Crippen molar-refractivity contribution < 1.29 is 4.74 Å². The number of nitrogens with zero attached hydrogens (tertiary/aromatic N) is 2. The predicted octanol–water partition coefficient (Wildman–Crippen LogP) is 2.19. The lowest BCUT2D eigenvalue weighted by Gasteiger charge is -2.29. The Morgan fingerprint density at radius 3 is 2.59 bits per heavy atom. The molecule has 96 valence electrons. The van der Waals surface area contributed by atoms with Crippen LogP contribution in [0.3, 0.4) is 0 Å². The summed E-state index contributed by atoms with van der Waals surface area (Å²) in [6.45, 7) is 7.42. The highest BCUT2D eigenvalue weighted by molar-refractivity contribution is 5.05. The standard InChI is InChI=1S/C13H23N3O/c1-5-6-16-12(13(17-4)10(2)3)11-9-14-7-8-15-11/h7-10,12-13,16H,5-6H2,1-4H3. The van der Waals surface area contributed by atoms with Crippen molar-refractivity contribution in [3.8, 4) is 0 Å². The van der Waals surface area contributed by atoms with E-state index in [0.29, 0.717) is 5.92 Å². The van der Waals surface area contributed by atoms with Crippen molar-refractivity contribution in [1.29, 1.82) is 0 Å². The largest absolute Gasteiger partial charge is 0.379 e. The van der Waals surface area contributed by atoms with E-state index in [-0.39, 0.29) is 12.1 Å². The first kappa shape index (κ1) is 14.1. The Morgan fingerprint density at radius 1 is 1.35 bits per heavy atom. The summed E-state index contributed by atoms with van der Waals surface area (Å²) in [7, 11) is 1.75. The molecule has 1 heterocycles. The summed E-state index contributed by atoms with van der Waals surface area (Å²) in [6.07, 6.45) is 6.42. The van der Waals surface area contributed by atoms with E-state index in [1.54, 1.807) is 19.5 Å². The molecule has 0 aliphatic rings. The molecular formula is C13H23N3O. The highest BCUT2D eigenvalue weighted by Gasteiger charge is 2.26. The number of hydrogen-bond acceptors (Lipinski definition) is 4. The lowest BCUT2D eigenvalue weighted by Crippen LogP contribution is -2.37. The topological polar surface area (TPSA) is 47.0 Å². The minimum atomic E-state index is 0.105. The van der Waals surface area contributed by atoms with Gasteiger partial charge in [-0.3, -0.25) is 9.97 Å². The van der Waals surface area contributed by atoms with Gasteiger partial charge in [0.2, 0.25) is 0 Å². The molecule has 0 radical (unpaired) electrons. The molecular weight excluding hydrogens is 214 g/mol. The van der Waals surface area contributed by atoms with Gasteiger partial charge in [-0.25, -0.2) is 0 Å². The van der Waals surface area contributed by atoms with Crippen LogP contribution in [-0.4, -0.2) is 29.7 Å². The Balaban J connectivity index is 2.86. The molecule has 1 N–H and O–H groups in total. The van der Waals surface area contributed by atoms with Gasteiger partial charge in [0.15, 0.2) is 0 Å². The summed E-state index contributed by atoms with van der Waals surface area (Å²) in [5.74, 6) is 0.427. The maximum absolute atomic E-state index is 5.60. The van der Waals surface area contributed by atoms with Crippen LogP contribution in [-0.2, 0) is 4.74 Å². The number of nitrogens with one attached hydrogen (secondary N) is 1. The van der Waals surface area contributed by atoms with Crippen molar-refractivity contribution in [2.24, 2.45) is 5.92 Å². The predicted molar refractivity (Wildman–Crippen MR) is 68.7 cm³/mol. The SMILES string of the molecule is CCCNC(c1cnccn1)C(OC)C(C)C. The number of hydrogen-bond donors (Lipinski definition) is 1. The number of rotatable bonds is 7. The first-order valence-electron chi connectivity index (χ1n) is 6.22. The molecule has 0 aromatic carbocycles. The molecule has 4 nitrogen and oxygen atoms in total. The molecule has 0 saturated carbocycles. The van der Waals surface area contributed by atoms with Crippen molar-refractivity contribution in [3.63, 3.8) is 0 Å². The third-order valence-electron chi connectivity index (χ3n) is 2.77. The number of aromatic nitrogens is 2. The molecule has 17 heavy (non-hydrogen) atoms. The minimum Gasteiger partial charge on any atom is -0.379 e. The van der Waals surface area contributed by atoms with E-state index in [2.05, 4.69) is 36.1 Å². The van der Waals surface area contributed by atoms with Crippen LogP contribution >= 0.6 is 0 Å². The lowest BCUT2D eigenvalue weighted by molar-refractivity contribution is 0.0313. The summed E-state index contributed by atoms with van der Waals surface area (Å²) in [5.41, 5.74) is 0.946. The molecule has 2 unspecified atom stereocenters. The van der Waals surface area contributed by atoms with Crippen LogP contribution in [0.4, 0.5) is 0 Å². The quantitative estimate of drug-likeness (QED) is 0.789. The highest BCUT2D eigenvalue weighted by atomic mass is 16.5. The molecule has 0 spiro atoms. The summed E-state index contributed by atoms with van der Waals surface area (Å²) >= 11 is 0. The van der Waals surface area contributed by atoms with Gasteiger partial charge in [0, 0.05) is 19.5 Å². The summed E-state index contributed by atoms with van der Waals surface area (Å²) in [5, 5.41) is 3.49. The van der Waals surface area contributed by atoms with Crippen LogP contribution in [0, 0.1) is 5.92 Å². The van der Waals surface area contributed by atoms with Gasteiger partial charge >= 0.3 is 0 Å². The molecule has 4 heteroatoms.